The van der Waals surface area contributed by atoms with Crippen molar-refractivity contribution in [2.75, 3.05) is 49.5 Å². The van der Waals surface area contributed by atoms with Gasteiger partial charge in [0.05, 0.1) is 12.2 Å². The predicted octanol–water partition coefficient (Wildman–Crippen LogP) is 4.67. The highest BCUT2D eigenvalue weighted by Crippen LogP contribution is 2.30. The molecule has 0 saturated carbocycles. The van der Waals surface area contributed by atoms with Crippen LogP contribution in [0.2, 0.25) is 0 Å². The van der Waals surface area contributed by atoms with Crippen molar-refractivity contribution < 1.29 is 18.3 Å². The molecule has 1 aromatic heterocycles. The second-order valence-corrected chi connectivity index (χ2v) is 8.20. The lowest BCUT2D eigenvalue weighted by Crippen LogP contribution is -2.52. The Morgan fingerprint density at radius 1 is 1.21 bits per heavy atom. The van der Waals surface area contributed by atoms with Crippen LogP contribution in [-0.2, 0) is 6.18 Å². The number of hydrogen-bond donors (Lipinski definition) is 2. The van der Waals surface area contributed by atoms with Crippen LogP contribution >= 0.6 is 0 Å². The molecule has 1 aromatic carbocycles. The van der Waals surface area contributed by atoms with E-state index in [2.05, 4.69) is 39.7 Å². The molecule has 0 bridgehead atoms. The number of nitrogens with zero attached hydrogens (tertiary/aromatic N) is 3. The van der Waals surface area contributed by atoms with Crippen molar-refractivity contribution in [1.82, 2.24) is 9.88 Å². The normalized spacial score (nSPS) is 17.8. The van der Waals surface area contributed by atoms with Crippen molar-refractivity contribution >= 4 is 17.1 Å². The zero-order chi connectivity index (χ0) is 24.0. The molecule has 0 spiro atoms. The summed E-state index contributed by atoms with van der Waals surface area (Å²) < 4.78 is 38.5. The summed E-state index contributed by atoms with van der Waals surface area (Å²) in [5.41, 5.74) is 3.36. The summed E-state index contributed by atoms with van der Waals surface area (Å²) in [4.78, 5) is 8.45. The van der Waals surface area contributed by atoms with E-state index in [9.17, 15) is 13.2 Å². The molecule has 1 saturated heterocycles. The molecule has 33 heavy (non-hydrogen) atoms. The van der Waals surface area contributed by atoms with E-state index >= 15 is 0 Å². The molecule has 1 aliphatic rings. The molecule has 2 aromatic rings. The van der Waals surface area contributed by atoms with Gasteiger partial charge in [0, 0.05) is 50.6 Å². The van der Waals surface area contributed by atoms with Gasteiger partial charge in [0.25, 0.3) is 0 Å². The zero-order valence-corrected chi connectivity index (χ0v) is 19.1. The van der Waals surface area contributed by atoms with Crippen LogP contribution in [0.15, 0.2) is 60.8 Å². The number of alkyl halides is 3. The number of hydrogen-bond acceptors (Lipinski definition) is 5. The molecule has 178 valence electrons. The lowest BCUT2D eigenvalue weighted by atomic mass is 9.98. The number of halogens is 3. The summed E-state index contributed by atoms with van der Waals surface area (Å²) >= 11 is 0. The Balaban J connectivity index is 1.59. The van der Waals surface area contributed by atoms with Crippen molar-refractivity contribution in [3.63, 3.8) is 0 Å². The second kappa shape index (κ2) is 10.9. The Labute approximate surface area is 193 Å². The number of anilines is 2. The third-order valence-corrected chi connectivity index (χ3v) is 5.89. The van der Waals surface area contributed by atoms with Crippen LogP contribution in [0.3, 0.4) is 0 Å². The first kappa shape index (κ1) is 24.8. The minimum Gasteiger partial charge on any atom is -0.395 e. The largest absolute Gasteiger partial charge is 0.417 e. The number of pyridine rings is 1. The van der Waals surface area contributed by atoms with Crippen molar-refractivity contribution in [3.8, 4) is 0 Å². The summed E-state index contributed by atoms with van der Waals surface area (Å²) in [6, 6.07) is 10.6. The Hall–Kier alpha value is -2.84. The minimum atomic E-state index is -4.38. The number of allylic oxidation sites excluding steroid dienone is 1. The average Bonchev–Trinajstić information content (AvgIpc) is 2.81. The highest BCUT2D eigenvalue weighted by Gasteiger charge is 2.31. The van der Waals surface area contributed by atoms with Gasteiger partial charge in [0.2, 0.25) is 0 Å². The highest BCUT2D eigenvalue weighted by molar-refractivity contribution is 5.78. The molecule has 5 nitrogen and oxygen atoms in total. The van der Waals surface area contributed by atoms with E-state index in [0.717, 1.165) is 54.3 Å². The van der Waals surface area contributed by atoms with Crippen LogP contribution in [0.4, 0.5) is 24.7 Å². The quantitative estimate of drug-likeness (QED) is 0.561. The zero-order valence-electron chi connectivity index (χ0n) is 19.1. The number of aliphatic hydroxyl groups excluding tert-OH is 1. The fourth-order valence-electron chi connectivity index (χ4n) is 4.02. The van der Waals surface area contributed by atoms with Gasteiger partial charge in [-0.1, -0.05) is 24.8 Å². The molecule has 2 heterocycles. The van der Waals surface area contributed by atoms with Gasteiger partial charge in [-0.05, 0) is 54.8 Å². The standard InChI is InChI=1S/C25H31F3N4O/c1-4-20(19(3)21-5-8-23(9-6-21)29-11-14-33)17-31-12-13-32(18(2)16-31)24-10-7-22(15-30-24)25(26,27)28/h4-10,15,18,29,33H,3,11-14,16-17H2,1-2H3/b20-4-/t18-/m1/s1. The first-order valence-corrected chi connectivity index (χ1v) is 11.0. The molecule has 0 radical (unpaired) electrons. The average molecular weight is 461 g/mol. The lowest BCUT2D eigenvalue weighted by molar-refractivity contribution is -0.137. The molecule has 1 aliphatic heterocycles. The van der Waals surface area contributed by atoms with Crippen LogP contribution in [0.25, 0.3) is 5.57 Å². The lowest BCUT2D eigenvalue weighted by Gasteiger charge is -2.41. The topological polar surface area (TPSA) is 51.6 Å². The third-order valence-electron chi connectivity index (χ3n) is 5.89. The molecule has 8 heteroatoms. The molecule has 1 fully saturated rings. The van der Waals surface area contributed by atoms with Gasteiger partial charge in [-0.25, -0.2) is 4.98 Å². The Morgan fingerprint density at radius 2 is 1.94 bits per heavy atom. The molecule has 0 amide bonds. The van der Waals surface area contributed by atoms with E-state index in [-0.39, 0.29) is 12.6 Å². The van der Waals surface area contributed by atoms with Gasteiger partial charge in [0.15, 0.2) is 0 Å². The van der Waals surface area contributed by atoms with Crippen LogP contribution in [0.1, 0.15) is 25.0 Å². The maximum absolute atomic E-state index is 12.8. The number of nitrogens with one attached hydrogen (secondary N) is 1. The maximum atomic E-state index is 12.8. The Morgan fingerprint density at radius 3 is 2.48 bits per heavy atom. The van der Waals surface area contributed by atoms with Gasteiger partial charge in [0.1, 0.15) is 5.82 Å². The summed E-state index contributed by atoms with van der Waals surface area (Å²) in [6.45, 7) is 11.9. The van der Waals surface area contributed by atoms with Crippen LogP contribution in [0.5, 0.6) is 0 Å². The first-order chi connectivity index (χ1) is 15.7. The third kappa shape index (κ3) is 6.36. The van der Waals surface area contributed by atoms with E-state index in [1.165, 1.54) is 6.07 Å². The van der Waals surface area contributed by atoms with Gasteiger partial charge in [-0.2, -0.15) is 13.2 Å². The van der Waals surface area contributed by atoms with E-state index < -0.39 is 11.7 Å². The van der Waals surface area contributed by atoms with E-state index in [0.29, 0.717) is 18.9 Å². The highest BCUT2D eigenvalue weighted by atomic mass is 19.4. The molecule has 0 aliphatic carbocycles. The maximum Gasteiger partial charge on any atom is 0.417 e. The number of aromatic nitrogens is 1. The Kier molecular flexibility index (Phi) is 8.15. The summed E-state index contributed by atoms with van der Waals surface area (Å²) in [7, 11) is 0. The smallest absolute Gasteiger partial charge is 0.395 e. The summed E-state index contributed by atoms with van der Waals surface area (Å²) in [5.74, 6) is 0.570. The van der Waals surface area contributed by atoms with Crippen molar-refractivity contribution in [2.24, 2.45) is 0 Å². The van der Waals surface area contributed by atoms with Gasteiger partial charge >= 0.3 is 6.18 Å². The minimum absolute atomic E-state index is 0.0811. The molecule has 1 atom stereocenters. The van der Waals surface area contributed by atoms with E-state index in [1.807, 2.05) is 31.2 Å². The van der Waals surface area contributed by atoms with Crippen molar-refractivity contribution in [2.45, 2.75) is 26.1 Å². The molecule has 0 unspecified atom stereocenters. The van der Waals surface area contributed by atoms with Gasteiger partial charge < -0.3 is 15.3 Å². The summed E-state index contributed by atoms with van der Waals surface area (Å²) in [6.07, 6.45) is -1.40. The molecular weight excluding hydrogens is 429 g/mol. The predicted molar refractivity (Wildman–Crippen MR) is 127 cm³/mol. The molecular formula is C25H31F3N4O. The fourth-order valence-corrected chi connectivity index (χ4v) is 4.02. The monoisotopic (exact) mass is 460 g/mol. The number of benzene rings is 1. The number of aliphatic hydroxyl groups is 1. The van der Waals surface area contributed by atoms with Crippen LogP contribution in [0, 0.1) is 0 Å². The van der Waals surface area contributed by atoms with E-state index in [1.54, 1.807) is 0 Å². The van der Waals surface area contributed by atoms with Crippen LogP contribution < -0.4 is 10.2 Å². The van der Waals surface area contributed by atoms with Gasteiger partial charge in [-0.15, -0.1) is 0 Å². The number of rotatable bonds is 8. The Bertz CT molecular complexity index is 955. The first-order valence-electron chi connectivity index (χ1n) is 11.0. The van der Waals surface area contributed by atoms with Crippen molar-refractivity contribution in [1.29, 1.82) is 0 Å². The van der Waals surface area contributed by atoms with Crippen molar-refractivity contribution in [3.05, 3.63) is 72.0 Å². The molecule has 3 rings (SSSR count). The SMILES string of the molecule is C=C(/C(=C\C)CN1CCN(c2ccc(C(F)(F)F)cn2)[C@H](C)C1)c1ccc(NCCO)cc1. The fraction of sp³-hybridized carbons (Fsp3) is 0.400. The van der Waals surface area contributed by atoms with Crippen LogP contribution in [-0.4, -0.2) is 60.4 Å². The second-order valence-electron chi connectivity index (χ2n) is 8.20. The molecule has 2 N–H and O–H groups in total. The number of piperazine rings is 1. The van der Waals surface area contributed by atoms with Gasteiger partial charge in [-0.3, -0.25) is 4.90 Å². The summed E-state index contributed by atoms with van der Waals surface area (Å²) in [5, 5.41) is 12.1. The van der Waals surface area contributed by atoms with E-state index in [4.69, 9.17) is 5.11 Å².